The van der Waals surface area contributed by atoms with Gasteiger partial charge in [0.2, 0.25) is 5.78 Å². The van der Waals surface area contributed by atoms with Crippen molar-refractivity contribution in [3.8, 4) is 0 Å². The predicted molar refractivity (Wildman–Crippen MR) is 315 cm³/mol. The third-order valence-corrected chi connectivity index (χ3v) is 15.8. The first-order valence-corrected chi connectivity index (χ1v) is 28.4. The number of hydrogen-bond donors (Lipinski definition) is 4. The number of amidine groups is 1. The van der Waals surface area contributed by atoms with Gasteiger partial charge in [0.25, 0.3) is 0 Å². The molecular weight excluding hydrogens is 1070 g/mol. The van der Waals surface area contributed by atoms with Crippen molar-refractivity contribution in [3.05, 3.63) is 125 Å². The van der Waals surface area contributed by atoms with E-state index in [1.54, 1.807) is 12.1 Å². The van der Waals surface area contributed by atoms with E-state index in [1.165, 1.54) is 161 Å². The van der Waals surface area contributed by atoms with Crippen LogP contribution in [0.5, 0.6) is 0 Å². The highest BCUT2D eigenvalue weighted by Crippen LogP contribution is 2.32. The molecule has 0 amide bonds. The van der Waals surface area contributed by atoms with Gasteiger partial charge in [-0.3, -0.25) is 9.59 Å². The van der Waals surface area contributed by atoms with Crippen molar-refractivity contribution in [2.45, 2.75) is 83.2 Å². The highest BCUT2D eigenvalue weighted by molar-refractivity contribution is 9.09. The number of piperidine rings is 4. The first-order chi connectivity index (χ1) is 35.0. The van der Waals surface area contributed by atoms with Crippen LogP contribution in [0.2, 0.25) is 0 Å². The minimum absolute atomic E-state index is 0. The van der Waals surface area contributed by atoms with Crippen LogP contribution in [0.1, 0.15) is 96.7 Å². The molecule has 1 atom stereocenters. The fraction of sp³-hybridized carbons (Fsp3) is 0.426. The number of thiazole rings is 1. The molecule has 19 heteroatoms. The Kier molecular flexibility index (Phi) is 23.3. The summed E-state index contributed by atoms with van der Waals surface area (Å²) >= 11 is 10.9. The Morgan fingerprint density at radius 1 is 0.740 bits per heavy atom. The second kappa shape index (κ2) is 29.5. The van der Waals surface area contributed by atoms with Gasteiger partial charge in [-0.2, -0.15) is 14.9 Å². The fourth-order valence-corrected chi connectivity index (χ4v) is 11.6. The summed E-state index contributed by atoms with van der Waals surface area (Å²) in [5.74, 6) is -0.230. The Labute approximate surface area is 455 Å². The monoisotopic (exact) mass is 1130 g/mol. The van der Waals surface area contributed by atoms with Gasteiger partial charge in [-0.25, -0.2) is 13.8 Å². The number of ketones is 2. The zero-order valence-electron chi connectivity index (χ0n) is 41.8. The number of carbonyl (C=O) groups excluding carboxylic acids is 2. The van der Waals surface area contributed by atoms with Gasteiger partial charge in [0, 0.05) is 72.1 Å². The van der Waals surface area contributed by atoms with Crippen LogP contribution in [0.3, 0.4) is 0 Å². The standard InChI is InChI=1S/C26H30FN5OS.C20H31N5S2.C8H6BrFO.H3P/c27-19-6-4-5-18(17-19)23(33)24-25(28)30-26(34-24)29-20-7-9-21(10-8-20)32-15-11-22(12-16-32)31-13-2-1-3-14-31;1-2-27-19(21)23-20(26)22-16-6-8-17(9-7-16)25-14-10-18(11-15-25)24-12-4-3-5-13-24;9-5-8(11)6-2-1-3-7(10)4-6;/h4-10,17,22H,1-3,11-16,28H2,(H,29,30);6-9,18H,2-5,10-15H2,1H3,(H3,21,22,23,26);1-4H,5H2;1H3. The summed E-state index contributed by atoms with van der Waals surface area (Å²) in [5, 5.41) is 8.05. The number of anilines is 6. The topological polar surface area (TPSA) is 148 Å². The molecule has 0 saturated carbocycles. The Morgan fingerprint density at radius 3 is 1.70 bits per heavy atom. The summed E-state index contributed by atoms with van der Waals surface area (Å²) in [6, 6.07) is 29.5. The molecule has 5 aromatic rings. The molecule has 4 aliphatic rings. The quantitative estimate of drug-likeness (QED) is 0.0235. The number of nitrogens with one attached hydrogen (secondary N) is 2. The van der Waals surface area contributed by atoms with Gasteiger partial charge < -0.3 is 41.7 Å². The molecule has 12 nitrogen and oxygen atoms in total. The summed E-state index contributed by atoms with van der Waals surface area (Å²) in [4.78, 5) is 42.8. The minimum Gasteiger partial charge on any atom is -0.382 e. The van der Waals surface area contributed by atoms with Gasteiger partial charge in [-0.15, -0.1) is 0 Å². The number of halogens is 3. The third kappa shape index (κ3) is 17.5. The average Bonchev–Trinajstić information content (AvgIpc) is 3.78. The van der Waals surface area contributed by atoms with E-state index in [2.05, 4.69) is 92.5 Å². The number of aromatic nitrogens is 1. The first-order valence-electron chi connectivity index (χ1n) is 25.1. The lowest BCUT2D eigenvalue weighted by Crippen LogP contribution is -2.46. The summed E-state index contributed by atoms with van der Waals surface area (Å²) < 4.78 is 26.0. The zero-order chi connectivity index (χ0) is 50.8. The Bertz CT molecular complexity index is 2570. The van der Waals surface area contributed by atoms with Gasteiger partial charge in [0.05, 0.1) is 5.33 Å². The van der Waals surface area contributed by atoms with E-state index in [9.17, 15) is 18.4 Å². The summed E-state index contributed by atoms with van der Waals surface area (Å²) in [6.45, 7) is 11.6. The van der Waals surface area contributed by atoms with Crippen molar-refractivity contribution >= 4 is 117 Å². The number of rotatable bonds is 12. The number of Topliss-reactive ketones (excluding diaryl/α,β-unsaturated/α-hetero) is 1. The van der Waals surface area contributed by atoms with Gasteiger partial charge in [-0.05, 0) is 168 Å². The van der Waals surface area contributed by atoms with Crippen molar-refractivity contribution < 1.29 is 18.4 Å². The molecule has 392 valence electrons. The summed E-state index contributed by atoms with van der Waals surface area (Å²) in [7, 11) is 0. The van der Waals surface area contributed by atoms with Crippen LogP contribution in [0.15, 0.2) is 102 Å². The molecule has 4 fully saturated rings. The number of thiocarbonyl (C=S) groups is 1. The predicted octanol–water partition coefficient (Wildman–Crippen LogP) is 11.7. The molecule has 1 unspecified atom stereocenters. The highest BCUT2D eigenvalue weighted by Gasteiger charge is 2.27. The fourth-order valence-electron chi connectivity index (χ4n) is 9.66. The molecule has 0 radical (unpaired) electrons. The van der Waals surface area contributed by atoms with E-state index >= 15 is 0 Å². The smallest absolute Gasteiger partial charge is 0.206 e. The lowest BCUT2D eigenvalue weighted by Gasteiger charge is -2.41. The Morgan fingerprint density at radius 2 is 1.22 bits per heavy atom. The lowest BCUT2D eigenvalue weighted by molar-refractivity contribution is 0.102. The second-order valence-corrected chi connectivity index (χ2v) is 21.5. The van der Waals surface area contributed by atoms with Crippen LogP contribution >= 0.6 is 61.1 Å². The van der Waals surface area contributed by atoms with Gasteiger partial charge in [0.1, 0.15) is 22.3 Å². The van der Waals surface area contributed by atoms with Crippen LogP contribution in [-0.2, 0) is 0 Å². The molecule has 9 rings (SSSR count). The maximum atomic E-state index is 13.5. The van der Waals surface area contributed by atoms with E-state index in [0.717, 1.165) is 55.4 Å². The van der Waals surface area contributed by atoms with E-state index in [-0.39, 0.29) is 44.0 Å². The number of aliphatic imine (C=N–C) groups is 1. The SMILES string of the molecule is CCSC(N)=NC(=S)Nc1ccc(N2CCC(N3CCCCC3)CC2)cc1.Nc1nc(Nc2ccc(N3CCC(N4CCCCC4)CC3)cc2)sc1C(=O)c1cccc(F)c1.O=C(CBr)c1cccc(F)c1.P. The van der Waals surface area contributed by atoms with Crippen LogP contribution in [0.4, 0.5) is 42.5 Å². The van der Waals surface area contributed by atoms with Crippen LogP contribution in [0, 0.1) is 11.6 Å². The maximum absolute atomic E-state index is 13.5. The van der Waals surface area contributed by atoms with Crippen molar-refractivity contribution in [2.24, 2.45) is 10.7 Å². The van der Waals surface area contributed by atoms with Crippen LogP contribution in [-0.4, -0.2) is 112 Å². The number of benzene rings is 4. The number of nitrogens with zero attached hydrogens (tertiary/aromatic N) is 6. The first kappa shape index (κ1) is 57.7. The average molecular weight is 1140 g/mol. The number of nitrogens with two attached hydrogens (primary N) is 2. The molecule has 4 aliphatic heterocycles. The lowest BCUT2D eigenvalue weighted by atomic mass is 9.99. The third-order valence-electron chi connectivity index (χ3n) is 13.4. The Hall–Kier alpha value is -4.55. The summed E-state index contributed by atoms with van der Waals surface area (Å²) in [6.07, 6.45) is 13.2. The molecule has 4 aromatic carbocycles. The zero-order valence-corrected chi connectivity index (χ0v) is 47.2. The molecular formula is C54H70BrF2N10O2PS3. The number of hydrogen-bond acceptors (Lipinski definition) is 12. The molecule has 5 heterocycles. The largest absolute Gasteiger partial charge is 0.382 e. The number of alkyl halides is 1. The van der Waals surface area contributed by atoms with Gasteiger partial charge in [-0.1, -0.05) is 83.1 Å². The highest BCUT2D eigenvalue weighted by atomic mass is 79.9. The van der Waals surface area contributed by atoms with E-state index < -0.39 is 5.82 Å². The summed E-state index contributed by atoms with van der Waals surface area (Å²) in [5.41, 5.74) is 16.8. The molecule has 6 N–H and O–H groups in total. The number of likely N-dealkylation sites (tertiary alicyclic amines) is 2. The molecule has 0 bridgehead atoms. The molecule has 0 aliphatic carbocycles. The van der Waals surface area contributed by atoms with Crippen LogP contribution in [0.25, 0.3) is 0 Å². The molecule has 1 aromatic heterocycles. The van der Waals surface area contributed by atoms with Gasteiger partial charge in [0.15, 0.2) is 21.2 Å². The van der Waals surface area contributed by atoms with Crippen molar-refractivity contribution in [3.63, 3.8) is 0 Å². The maximum Gasteiger partial charge on any atom is 0.206 e. The van der Waals surface area contributed by atoms with Crippen molar-refractivity contribution in [2.75, 3.05) is 89.6 Å². The van der Waals surface area contributed by atoms with Crippen molar-refractivity contribution in [1.82, 2.24) is 14.8 Å². The van der Waals surface area contributed by atoms with E-state index in [0.29, 0.717) is 25.9 Å². The normalized spacial score (nSPS) is 17.0. The van der Waals surface area contributed by atoms with Gasteiger partial charge >= 0.3 is 0 Å². The Balaban J connectivity index is 0.000000199. The number of thioether (sulfide) groups is 1. The molecule has 73 heavy (non-hydrogen) atoms. The van der Waals surface area contributed by atoms with E-state index in [1.807, 2.05) is 19.1 Å². The number of carbonyl (C=O) groups is 2. The van der Waals surface area contributed by atoms with E-state index in [4.69, 9.17) is 23.7 Å². The minimum atomic E-state index is -0.455. The van der Waals surface area contributed by atoms with Crippen molar-refractivity contribution in [1.29, 1.82) is 0 Å². The number of nitrogen functional groups attached to an aromatic ring is 1. The molecule has 4 saturated heterocycles. The molecule has 0 spiro atoms. The van der Waals surface area contributed by atoms with Crippen LogP contribution < -0.4 is 31.9 Å². The second-order valence-electron chi connectivity index (χ2n) is 18.3.